The summed E-state index contributed by atoms with van der Waals surface area (Å²) >= 11 is 0. The van der Waals surface area contributed by atoms with Crippen molar-refractivity contribution in [2.75, 3.05) is 33.4 Å². The molecule has 0 aliphatic carbocycles. The minimum atomic E-state index is -0.468. The predicted octanol–water partition coefficient (Wildman–Crippen LogP) is 2.92. The lowest BCUT2D eigenvalue weighted by atomic mass is 10.1. The second kappa shape index (κ2) is 8.38. The van der Waals surface area contributed by atoms with Crippen LogP contribution in [-0.4, -0.2) is 56.2 Å². The number of morpholine rings is 1. The molecule has 0 N–H and O–H groups in total. The van der Waals surface area contributed by atoms with Crippen LogP contribution in [0.4, 0.5) is 4.79 Å². The first kappa shape index (κ1) is 19.7. The summed E-state index contributed by atoms with van der Waals surface area (Å²) in [4.78, 5) is 37.9. The molecule has 30 heavy (non-hydrogen) atoms. The smallest absolute Gasteiger partial charge is 0.415 e. The van der Waals surface area contributed by atoms with Gasteiger partial charge in [0.15, 0.2) is 5.76 Å². The Labute approximate surface area is 172 Å². The van der Waals surface area contributed by atoms with Crippen LogP contribution in [0.15, 0.2) is 48.2 Å². The van der Waals surface area contributed by atoms with Crippen LogP contribution in [0, 0.1) is 0 Å². The Bertz CT molecular complexity index is 1020. The summed E-state index contributed by atoms with van der Waals surface area (Å²) in [5.41, 5.74) is 1.49. The molecule has 2 aliphatic rings. The van der Waals surface area contributed by atoms with Gasteiger partial charge < -0.3 is 23.8 Å². The standard InChI is InChI=1S/C22H19NO7/c1-27-21(25)15-4-2-14(3-5-15)12-19-20(24)17-7-6-16(13-18(17)30-19)29-22(26)23-8-10-28-11-9-23/h2-7,12-13H,8-11H2,1H3/b19-12+. The van der Waals surface area contributed by atoms with Crippen LogP contribution in [0.2, 0.25) is 0 Å². The van der Waals surface area contributed by atoms with E-state index in [2.05, 4.69) is 4.74 Å². The lowest BCUT2D eigenvalue weighted by molar-refractivity contribution is 0.0416. The van der Waals surface area contributed by atoms with E-state index in [4.69, 9.17) is 14.2 Å². The minimum Gasteiger partial charge on any atom is -0.465 e. The number of nitrogens with zero attached hydrogens (tertiary/aromatic N) is 1. The highest BCUT2D eigenvalue weighted by Crippen LogP contribution is 2.35. The van der Waals surface area contributed by atoms with Gasteiger partial charge in [0.2, 0.25) is 5.78 Å². The lowest BCUT2D eigenvalue weighted by Crippen LogP contribution is -2.42. The van der Waals surface area contributed by atoms with Crippen molar-refractivity contribution in [3.63, 3.8) is 0 Å². The quantitative estimate of drug-likeness (QED) is 0.569. The van der Waals surface area contributed by atoms with Crippen LogP contribution in [0.25, 0.3) is 6.08 Å². The molecule has 8 nitrogen and oxygen atoms in total. The maximum absolute atomic E-state index is 12.6. The number of benzene rings is 2. The van der Waals surface area contributed by atoms with Crippen molar-refractivity contribution in [1.82, 2.24) is 4.90 Å². The molecule has 1 fully saturated rings. The number of hydrogen-bond donors (Lipinski definition) is 0. The zero-order valence-electron chi connectivity index (χ0n) is 16.3. The molecule has 1 amide bonds. The number of methoxy groups -OCH3 is 1. The number of rotatable bonds is 3. The van der Waals surface area contributed by atoms with Gasteiger partial charge in [-0.1, -0.05) is 12.1 Å². The third-order valence-electron chi connectivity index (χ3n) is 4.75. The van der Waals surface area contributed by atoms with E-state index in [0.29, 0.717) is 54.5 Å². The Morgan fingerprint density at radius 1 is 1.07 bits per heavy atom. The molecule has 2 heterocycles. The van der Waals surface area contributed by atoms with Gasteiger partial charge in [-0.15, -0.1) is 0 Å². The summed E-state index contributed by atoms with van der Waals surface area (Å²) in [7, 11) is 1.31. The molecule has 0 atom stereocenters. The van der Waals surface area contributed by atoms with Crippen LogP contribution in [0.3, 0.4) is 0 Å². The fourth-order valence-corrected chi connectivity index (χ4v) is 3.13. The van der Waals surface area contributed by atoms with Gasteiger partial charge in [-0.3, -0.25) is 4.79 Å². The number of fused-ring (bicyclic) bond motifs is 1. The van der Waals surface area contributed by atoms with E-state index in [0.717, 1.165) is 0 Å². The van der Waals surface area contributed by atoms with Gasteiger partial charge in [0, 0.05) is 19.2 Å². The van der Waals surface area contributed by atoms with E-state index in [1.165, 1.54) is 13.2 Å². The van der Waals surface area contributed by atoms with Crippen LogP contribution < -0.4 is 9.47 Å². The molecule has 4 rings (SSSR count). The van der Waals surface area contributed by atoms with E-state index >= 15 is 0 Å². The molecule has 0 unspecified atom stereocenters. The molecule has 0 saturated carbocycles. The van der Waals surface area contributed by atoms with Crippen LogP contribution >= 0.6 is 0 Å². The highest BCUT2D eigenvalue weighted by atomic mass is 16.6. The number of allylic oxidation sites excluding steroid dienone is 1. The fourth-order valence-electron chi connectivity index (χ4n) is 3.13. The van der Waals surface area contributed by atoms with E-state index in [9.17, 15) is 14.4 Å². The largest absolute Gasteiger partial charge is 0.465 e. The van der Waals surface area contributed by atoms with Gasteiger partial charge in [-0.25, -0.2) is 9.59 Å². The maximum atomic E-state index is 12.6. The maximum Gasteiger partial charge on any atom is 0.415 e. The Morgan fingerprint density at radius 2 is 1.80 bits per heavy atom. The van der Waals surface area contributed by atoms with Gasteiger partial charge in [0.25, 0.3) is 0 Å². The lowest BCUT2D eigenvalue weighted by Gasteiger charge is -2.25. The van der Waals surface area contributed by atoms with Gasteiger partial charge in [-0.05, 0) is 35.9 Å². The molecule has 154 valence electrons. The summed E-state index contributed by atoms with van der Waals surface area (Å²) in [6, 6.07) is 11.2. The molecule has 0 aromatic heterocycles. The summed E-state index contributed by atoms with van der Waals surface area (Å²) in [6.07, 6.45) is 1.12. The molecular formula is C22H19NO7. The number of esters is 1. The van der Waals surface area contributed by atoms with Crippen molar-refractivity contribution in [3.05, 3.63) is 64.9 Å². The average Bonchev–Trinajstić information content (AvgIpc) is 3.08. The number of Topliss-reactive ketones (excluding diaryl/α,β-unsaturated/α-hetero) is 1. The highest BCUT2D eigenvalue weighted by Gasteiger charge is 2.28. The van der Waals surface area contributed by atoms with Crippen LogP contribution in [-0.2, 0) is 9.47 Å². The average molecular weight is 409 g/mol. The summed E-state index contributed by atoms with van der Waals surface area (Å²) in [5, 5.41) is 0. The second-order valence-corrected chi connectivity index (χ2v) is 6.68. The SMILES string of the molecule is COC(=O)c1ccc(/C=C2/Oc3cc(OC(=O)N4CCOCC4)ccc3C2=O)cc1. The van der Waals surface area contributed by atoms with Crippen molar-refractivity contribution < 1.29 is 33.3 Å². The summed E-state index contributed by atoms with van der Waals surface area (Å²) < 4.78 is 21.0. The number of amides is 1. The third-order valence-corrected chi connectivity index (χ3v) is 4.75. The number of carbonyl (C=O) groups is 3. The van der Waals surface area contributed by atoms with Gasteiger partial charge in [0.1, 0.15) is 11.5 Å². The van der Waals surface area contributed by atoms with Crippen molar-refractivity contribution in [1.29, 1.82) is 0 Å². The summed E-state index contributed by atoms with van der Waals surface area (Å²) in [6.45, 7) is 1.90. The molecule has 8 heteroatoms. The van der Waals surface area contributed by atoms with Crippen LogP contribution in [0.5, 0.6) is 11.5 Å². The first-order valence-corrected chi connectivity index (χ1v) is 9.36. The van der Waals surface area contributed by atoms with Gasteiger partial charge >= 0.3 is 12.1 Å². The second-order valence-electron chi connectivity index (χ2n) is 6.68. The van der Waals surface area contributed by atoms with E-state index < -0.39 is 12.1 Å². The molecule has 2 aromatic rings. The Hall–Kier alpha value is -3.65. The highest BCUT2D eigenvalue weighted by molar-refractivity contribution is 6.14. The zero-order valence-corrected chi connectivity index (χ0v) is 16.3. The minimum absolute atomic E-state index is 0.146. The summed E-state index contributed by atoms with van der Waals surface area (Å²) in [5.74, 6) is 0.0564. The Balaban J connectivity index is 1.48. The fraction of sp³-hybridized carbons (Fsp3) is 0.227. The normalized spacial score (nSPS) is 16.8. The van der Waals surface area contributed by atoms with Crippen molar-refractivity contribution in [2.45, 2.75) is 0 Å². The Morgan fingerprint density at radius 3 is 2.50 bits per heavy atom. The van der Waals surface area contributed by atoms with Crippen molar-refractivity contribution in [2.24, 2.45) is 0 Å². The van der Waals surface area contributed by atoms with E-state index in [1.54, 1.807) is 47.4 Å². The van der Waals surface area contributed by atoms with Crippen molar-refractivity contribution in [3.8, 4) is 11.5 Å². The number of hydrogen-bond acceptors (Lipinski definition) is 7. The predicted molar refractivity (Wildman–Crippen MR) is 106 cm³/mol. The topological polar surface area (TPSA) is 91.4 Å². The van der Waals surface area contributed by atoms with Crippen LogP contribution in [0.1, 0.15) is 26.3 Å². The van der Waals surface area contributed by atoms with E-state index in [-0.39, 0.29) is 11.5 Å². The number of ketones is 1. The van der Waals surface area contributed by atoms with Gasteiger partial charge in [-0.2, -0.15) is 0 Å². The van der Waals surface area contributed by atoms with E-state index in [1.807, 2.05) is 0 Å². The number of ether oxygens (including phenoxy) is 4. The molecular weight excluding hydrogens is 390 g/mol. The monoisotopic (exact) mass is 409 g/mol. The third kappa shape index (κ3) is 4.04. The van der Waals surface area contributed by atoms with Crippen molar-refractivity contribution >= 4 is 23.9 Å². The zero-order chi connectivity index (χ0) is 21.1. The van der Waals surface area contributed by atoms with Gasteiger partial charge in [0.05, 0.1) is 31.5 Å². The first-order chi connectivity index (χ1) is 14.5. The molecule has 1 saturated heterocycles. The number of carbonyl (C=O) groups excluding carboxylic acids is 3. The molecule has 0 spiro atoms. The Kier molecular flexibility index (Phi) is 5.49. The molecule has 2 aromatic carbocycles. The molecule has 0 radical (unpaired) electrons. The first-order valence-electron chi connectivity index (χ1n) is 9.36. The molecule has 2 aliphatic heterocycles. The molecule has 0 bridgehead atoms.